The van der Waals surface area contributed by atoms with Crippen LogP contribution in [-0.4, -0.2) is 58.8 Å². The van der Waals surface area contributed by atoms with Gasteiger partial charge in [-0.05, 0) is 30.4 Å². The van der Waals surface area contributed by atoms with Crippen molar-refractivity contribution in [3.63, 3.8) is 0 Å². The Bertz CT molecular complexity index is 868. The molecule has 8 nitrogen and oxygen atoms in total. The molecule has 26 heavy (non-hydrogen) atoms. The van der Waals surface area contributed by atoms with Gasteiger partial charge in [0.25, 0.3) is 0 Å². The van der Waals surface area contributed by atoms with Gasteiger partial charge in [-0.25, -0.2) is 9.48 Å². The number of likely N-dealkylation sites (tertiary alicyclic amines) is 1. The number of rotatable bonds is 5. The lowest BCUT2D eigenvalue weighted by Gasteiger charge is -2.19. The van der Waals surface area contributed by atoms with E-state index in [1.165, 1.54) is 7.11 Å². The van der Waals surface area contributed by atoms with Crippen LogP contribution in [0.3, 0.4) is 0 Å². The van der Waals surface area contributed by atoms with Crippen molar-refractivity contribution in [2.24, 2.45) is 0 Å². The zero-order valence-corrected chi connectivity index (χ0v) is 15.9. The number of hydrogen-bond acceptors (Lipinski definition) is 6. The Kier molecular flexibility index (Phi) is 5.61. The van der Waals surface area contributed by atoms with E-state index in [-0.39, 0.29) is 5.97 Å². The first-order valence-corrected chi connectivity index (χ1v) is 8.82. The number of benzene rings is 1. The second-order valence-electron chi connectivity index (χ2n) is 6.11. The third-order valence-corrected chi connectivity index (χ3v) is 4.99. The van der Waals surface area contributed by atoms with Crippen LogP contribution in [0.2, 0.25) is 5.02 Å². The Morgan fingerprint density at radius 2 is 2.31 bits per heavy atom. The first-order chi connectivity index (χ1) is 12.4. The lowest BCUT2D eigenvalue weighted by atomic mass is 10.2. The lowest BCUT2D eigenvalue weighted by Crippen LogP contribution is -3.14. The smallest absolute Gasteiger partial charge is 0.364 e. The van der Waals surface area contributed by atoms with Crippen molar-refractivity contribution in [1.82, 2.24) is 14.8 Å². The van der Waals surface area contributed by atoms with Crippen molar-refractivity contribution in [1.29, 1.82) is 0 Å². The summed E-state index contributed by atoms with van der Waals surface area (Å²) in [5.41, 5.74) is 0.686. The summed E-state index contributed by atoms with van der Waals surface area (Å²) in [4.78, 5) is 17.2. The van der Waals surface area contributed by atoms with Crippen LogP contribution >= 0.6 is 23.8 Å². The fraction of sp³-hybridized carbons (Fsp3) is 0.438. The van der Waals surface area contributed by atoms with E-state index >= 15 is 0 Å². The number of hydrogen-bond donors (Lipinski definition) is 3. The van der Waals surface area contributed by atoms with Gasteiger partial charge in [-0.1, -0.05) is 11.6 Å². The maximum atomic E-state index is 11.9. The van der Waals surface area contributed by atoms with Gasteiger partial charge in [-0.2, -0.15) is 4.98 Å². The minimum atomic E-state index is -0.557. The predicted octanol–water partition coefficient (Wildman–Crippen LogP) is 0.418. The molecule has 0 saturated carbocycles. The van der Waals surface area contributed by atoms with Crippen molar-refractivity contribution in [2.45, 2.75) is 25.2 Å². The van der Waals surface area contributed by atoms with E-state index in [2.05, 4.69) is 10.1 Å². The van der Waals surface area contributed by atoms with Crippen molar-refractivity contribution < 1.29 is 24.3 Å². The van der Waals surface area contributed by atoms with Gasteiger partial charge < -0.3 is 19.5 Å². The summed E-state index contributed by atoms with van der Waals surface area (Å²) in [5.74, 6) is 0.782. The summed E-state index contributed by atoms with van der Waals surface area (Å²) in [6.07, 6.45) is -0.197. The van der Waals surface area contributed by atoms with Gasteiger partial charge in [0.2, 0.25) is 4.77 Å². The van der Waals surface area contributed by atoms with Gasteiger partial charge in [0.15, 0.2) is 18.5 Å². The summed E-state index contributed by atoms with van der Waals surface area (Å²) in [6.45, 7) is 0.780. The van der Waals surface area contributed by atoms with Crippen molar-refractivity contribution in [2.75, 3.05) is 20.8 Å². The Morgan fingerprint density at radius 1 is 1.54 bits per heavy atom. The van der Waals surface area contributed by atoms with Gasteiger partial charge in [0, 0.05) is 11.4 Å². The number of esters is 1. The Hall–Kier alpha value is -1.94. The number of aliphatic hydroxyl groups is 1. The fourth-order valence-corrected chi connectivity index (χ4v) is 3.57. The van der Waals surface area contributed by atoms with E-state index in [1.807, 2.05) is 0 Å². The molecular formula is C16H20ClN4O4S+. The molecule has 10 heteroatoms. The van der Waals surface area contributed by atoms with Crippen LogP contribution < -0.4 is 9.64 Å². The lowest BCUT2D eigenvalue weighted by molar-refractivity contribution is -0.928. The molecule has 2 heterocycles. The second kappa shape index (κ2) is 7.75. The highest BCUT2D eigenvalue weighted by atomic mass is 35.5. The number of H-pyrrole nitrogens is 1. The van der Waals surface area contributed by atoms with E-state index in [4.69, 9.17) is 33.3 Å². The highest BCUT2D eigenvalue weighted by Crippen LogP contribution is 2.30. The van der Waals surface area contributed by atoms with E-state index in [1.54, 1.807) is 30.0 Å². The highest BCUT2D eigenvalue weighted by Gasteiger charge is 2.41. The molecule has 3 N–H and O–H groups in total. The molecule has 1 aromatic heterocycles. The minimum absolute atomic E-state index is 0.333. The predicted molar refractivity (Wildman–Crippen MR) is 96.7 cm³/mol. The van der Waals surface area contributed by atoms with E-state index in [0.29, 0.717) is 46.6 Å². The molecule has 140 valence electrons. The molecule has 1 aliphatic rings. The minimum Gasteiger partial charge on any atom is -0.496 e. The SMILES string of the molecule is COC(=O)[C@@H]1C[C@@H](O)C[NH+]1Cn1[nH]c(-c2cc(Cl)ccc2OC)nc1=S. The van der Waals surface area contributed by atoms with E-state index < -0.39 is 12.1 Å². The number of carbonyl (C=O) groups is 1. The number of nitrogens with zero attached hydrogens (tertiary/aromatic N) is 2. The maximum absolute atomic E-state index is 11.9. The molecule has 3 rings (SSSR count). The summed E-state index contributed by atoms with van der Waals surface area (Å²) >= 11 is 11.4. The molecule has 0 spiro atoms. The van der Waals surface area contributed by atoms with Crippen molar-refractivity contribution in [3.8, 4) is 17.1 Å². The molecule has 1 fully saturated rings. The molecule has 3 atom stereocenters. The maximum Gasteiger partial charge on any atom is 0.364 e. The number of aromatic nitrogens is 3. The van der Waals surface area contributed by atoms with Gasteiger partial charge in [-0.15, -0.1) is 0 Å². The average molecular weight is 400 g/mol. The van der Waals surface area contributed by atoms with Gasteiger partial charge in [0.05, 0.1) is 19.8 Å². The first-order valence-electron chi connectivity index (χ1n) is 8.04. The Labute approximate surface area is 160 Å². The van der Waals surface area contributed by atoms with E-state index in [9.17, 15) is 9.90 Å². The molecule has 0 amide bonds. The first kappa shape index (κ1) is 18.8. The van der Waals surface area contributed by atoms with Crippen LogP contribution in [0, 0.1) is 4.77 Å². The summed E-state index contributed by atoms with van der Waals surface area (Å²) in [6, 6.07) is 4.78. The number of methoxy groups -OCH3 is 2. The molecule has 1 aromatic carbocycles. The van der Waals surface area contributed by atoms with Crippen LogP contribution in [-0.2, 0) is 16.2 Å². The monoisotopic (exact) mass is 399 g/mol. The number of nitrogens with one attached hydrogen (secondary N) is 2. The summed E-state index contributed by atoms with van der Waals surface area (Å²) in [7, 11) is 2.91. The molecule has 1 saturated heterocycles. The zero-order valence-electron chi connectivity index (χ0n) is 14.4. The molecule has 0 radical (unpaired) electrons. The third-order valence-electron chi connectivity index (χ3n) is 4.44. The fourth-order valence-electron chi connectivity index (χ4n) is 3.20. The quantitative estimate of drug-likeness (QED) is 0.498. The molecule has 2 aromatic rings. The van der Waals surface area contributed by atoms with Crippen LogP contribution in [0.15, 0.2) is 18.2 Å². The molecule has 1 unspecified atom stereocenters. The number of ether oxygens (including phenoxy) is 2. The van der Waals surface area contributed by atoms with Crippen molar-refractivity contribution in [3.05, 3.63) is 28.0 Å². The van der Waals surface area contributed by atoms with Crippen molar-refractivity contribution >= 4 is 29.8 Å². The second-order valence-corrected chi connectivity index (χ2v) is 6.91. The van der Waals surface area contributed by atoms with Gasteiger partial charge >= 0.3 is 5.97 Å². The largest absolute Gasteiger partial charge is 0.496 e. The summed E-state index contributed by atoms with van der Waals surface area (Å²) in [5, 5.41) is 13.6. The van der Waals surface area contributed by atoms with E-state index in [0.717, 1.165) is 4.90 Å². The van der Waals surface area contributed by atoms with Crippen LogP contribution in [0.1, 0.15) is 6.42 Å². The van der Waals surface area contributed by atoms with Crippen LogP contribution in [0.4, 0.5) is 0 Å². The third kappa shape index (κ3) is 3.75. The average Bonchev–Trinajstić information content (AvgIpc) is 3.17. The van der Waals surface area contributed by atoms with Gasteiger partial charge in [-0.3, -0.25) is 5.10 Å². The molecule has 0 bridgehead atoms. The number of carbonyl (C=O) groups excluding carboxylic acids is 1. The molecule has 0 aliphatic carbocycles. The molecule has 1 aliphatic heterocycles. The van der Waals surface area contributed by atoms with Crippen LogP contribution in [0.5, 0.6) is 5.75 Å². The molecular weight excluding hydrogens is 380 g/mol. The number of halogens is 1. The number of quaternary nitrogens is 1. The Morgan fingerprint density at radius 3 is 3.00 bits per heavy atom. The Balaban J connectivity index is 1.89. The number of aliphatic hydroxyl groups excluding tert-OH is 1. The van der Waals surface area contributed by atoms with Gasteiger partial charge in [0.1, 0.15) is 18.4 Å². The standard InChI is InChI=1S/C16H19ClN4O4S/c1-24-13-4-3-9(17)5-11(13)14-18-16(26)21(19-14)8-20-7-10(22)6-12(20)15(23)25-2/h3-5,10,12,22H,6-8H2,1-2H3,(H,18,19,26)/p+1/t10-,12+/m1/s1. The zero-order chi connectivity index (χ0) is 18.8. The topological polar surface area (TPSA) is 93.8 Å². The van der Waals surface area contributed by atoms with Crippen LogP contribution in [0.25, 0.3) is 11.4 Å². The highest BCUT2D eigenvalue weighted by molar-refractivity contribution is 7.71. The normalized spacial score (nSPS) is 22.4. The summed E-state index contributed by atoms with van der Waals surface area (Å²) < 4.78 is 12.2. The number of aromatic amines is 1.